The van der Waals surface area contributed by atoms with Crippen molar-refractivity contribution in [2.24, 2.45) is 0 Å². The number of benzene rings is 2. The molecule has 1 saturated heterocycles. The van der Waals surface area contributed by atoms with E-state index in [1.165, 1.54) is 40.7 Å². The fraction of sp³-hybridized carbons (Fsp3) is 0.316. The van der Waals surface area contributed by atoms with Gasteiger partial charge in [0.05, 0.1) is 11.4 Å². The second kappa shape index (κ2) is 9.45. The number of nitrogens with one attached hydrogen (secondary N) is 1. The zero-order valence-electron chi connectivity index (χ0n) is 15.8. The number of hydrogen-bond acceptors (Lipinski definition) is 5. The maximum atomic E-state index is 13.0. The lowest BCUT2D eigenvalue weighted by Crippen LogP contribution is -2.50. The van der Waals surface area contributed by atoms with Crippen LogP contribution in [0.15, 0.2) is 53.4 Å². The molecule has 2 aromatic rings. The molecule has 1 heterocycles. The molecule has 11 heteroatoms. The molecule has 3 rings (SSSR count). The first-order chi connectivity index (χ1) is 14.2. The summed E-state index contributed by atoms with van der Waals surface area (Å²) in [5.74, 6) is -0.838. The summed E-state index contributed by atoms with van der Waals surface area (Å²) in [6, 6.07) is 10.2. The SMILES string of the molecule is O=C(CN1CCN(S(=O)(=O)c2ccc(F)cc2)CC1)Nc1ccc(OC(F)F)cc1. The lowest BCUT2D eigenvalue weighted by molar-refractivity contribution is -0.117. The quantitative estimate of drug-likeness (QED) is 0.711. The second-order valence-corrected chi connectivity index (χ2v) is 8.52. The average molecular weight is 443 g/mol. The van der Waals surface area contributed by atoms with Crippen molar-refractivity contribution < 1.29 is 31.1 Å². The van der Waals surface area contributed by atoms with Crippen LogP contribution in [0.1, 0.15) is 0 Å². The highest BCUT2D eigenvalue weighted by atomic mass is 32.2. The van der Waals surface area contributed by atoms with Crippen LogP contribution in [-0.2, 0) is 14.8 Å². The van der Waals surface area contributed by atoms with Crippen molar-refractivity contribution in [2.75, 3.05) is 38.0 Å². The number of hydrogen-bond donors (Lipinski definition) is 1. The number of carbonyl (C=O) groups is 1. The molecular formula is C19H20F3N3O4S. The van der Waals surface area contributed by atoms with Gasteiger partial charge in [0.2, 0.25) is 15.9 Å². The second-order valence-electron chi connectivity index (χ2n) is 6.59. The van der Waals surface area contributed by atoms with E-state index in [1.54, 1.807) is 4.90 Å². The first-order valence-electron chi connectivity index (χ1n) is 9.07. The Kier molecular flexibility index (Phi) is 6.95. The van der Waals surface area contributed by atoms with Crippen LogP contribution in [0.3, 0.4) is 0 Å². The van der Waals surface area contributed by atoms with E-state index in [0.717, 1.165) is 12.1 Å². The molecule has 1 fully saturated rings. The van der Waals surface area contributed by atoms with Gasteiger partial charge in [-0.1, -0.05) is 0 Å². The number of sulfonamides is 1. The van der Waals surface area contributed by atoms with Crippen LogP contribution in [0.4, 0.5) is 18.9 Å². The summed E-state index contributed by atoms with van der Waals surface area (Å²) < 4.78 is 68.1. The molecule has 30 heavy (non-hydrogen) atoms. The Bertz CT molecular complexity index is 962. The standard InChI is InChI=1S/C19H20F3N3O4S/c20-14-1-7-17(8-2-14)30(27,28)25-11-9-24(10-12-25)13-18(26)23-15-3-5-16(6-4-15)29-19(21)22/h1-8,19H,9-13H2,(H,23,26). The Balaban J connectivity index is 1.49. The predicted molar refractivity (Wildman–Crippen MR) is 103 cm³/mol. The van der Waals surface area contributed by atoms with E-state index < -0.39 is 22.5 Å². The molecule has 1 aliphatic rings. The third kappa shape index (κ3) is 5.71. The summed E-state index contributed by atoms with van der Waals surface area (Å²) in [6.45, 7) is -1.75. The molecule has 0 atom stereocenters. The summed E-state index contributed by atoms with van der Waals surface area (Å²) in [4.78, 5) is 14.0. The molecule has 0 saturated carbocycles. The van der Waals surface area contributed by atoms with Crippen molar-refractivity contribution in [2.45, 2.75) is 11.5 Å². The van der Waals surface area contributed by atoms with Crippen LogP contribution in [-0.4, -0.2) is 62.9 Å². The van der Waals surface area contributed by atoms with Crippen LogP contribution in [0.5, 0.6) is 5.75 Å². The van der Waals surface area contributed by atoms with Crippen molar-refractivity contribution in [3.63, 3.8) is 0 Å². The highest BCUT2D eigenvalue weighted by Crippen LogP contribution is 2.19. The number of rotatable bonds is 7. The van der Waals surface area contributed by atoms with Crippen LogP contribution >= 0.6 is 0 Å². The van der Waals surface area contributed by atoms with Gasteiger partial charge in [-0.15, -0.1) is 0 Å². The summed E-state index contributed by atoms with van der Waals surface area (Å²) in [7, 11) is -3.72. The van der Waals surface area contributed by atoms with Gasteiger partial charge in [0.1, 0.15) is 11.6 Å². The van der Waals surface area contributed by atoms with Crippen LogP contribution in [0.25, 0.3) is 0 Å². The number of carbonyl (C=O) groups excluding carboxylic acids is 1. The molecule has 162 valence electrons. The summed E-state index contributed by atoms with van der Waals surface area (Å²) in [5.41, 5.74) is 0.430. The van der Waals surface area contributed by atoms with Gasteiger partial charge in [0, 0.05) is 31.9 Å². The molecule has 0 spiro atoms. The number of piperazine rings is 1. The van der Waals surface area contributed by atoms with E-state index in [0.29, 0.717) is 18.8 Å². The molecule has 0 bridgehead atoms. The maximum absolute atomic E-state index is 13.0. The zero-order valence-corrected chi connectivity index (χ0v) is 16.6. The van der Waals surface area contributed by atoms with E-state index in [-0.39, 0.29) is 36.2 Å². The lowest BCUT2D eigenvalue weighted by Gasteiger charge is -2.33. The number of amides is 1. The Labute approximate surface area is 172 Å². The minimum atomic E-state index is -3.72. The van der Waals surface area contributed by atoms with Gasteiger partial charge in [0.25, 0.3) is 0 Å². The molecular weight excluding hydrogens is 423 g/mol. The first-order valence-corrected chi connectivity index (χ1v) is 10.5. The van der Waals surface area contributed by atoms with Crippen molar-refractivity contribution in [1.82, 2.24) is 9.21 Å². The molecule has 0 aromatic heterocycles. The molecule has 1 aliphatic heterocycles. The van der Waals surface area contributed by atoms with Gasteiger partial charge in [-0.05, 0) is 48.5 Å². The van der Waals surface area contributed by atoms with E-state index in [9.17, 15) is 26.4 Å². The highest BCUT2D eigenvalue weighted by molar-refractivity contribution is 7.89. The average Bonchev–Trinajstić information content (AvgIpc) is 2.70. The molecule has 0 aliphatic carbocycles. The summed E-state index contributed by atoms with van der Waals surface area (Å²) in [6.07, 6.45) is 0. The Morgan fingerprint density at radius 3 is 2.17 bits per heavy atom. The van der Waals surface area contributed by atoms with Gasteiger partial charge in [0.15, 0.2) is 0 Å². The zero-order chi connectivity index (χ0) is 21.7. The van der Waals surface area contributed by atoms with Crippen LogP contribution < -0.4 is 10.1 Å². The highest BCUT2D eigenvalue weighted by Gasteiger charge is 2.29. The van der Waals surface area contributed by atoms with E-state index in [2.05, 4.69) is 10.1 Å². The third-order valence-electron chi connectivity index (χ3n) is 4.51. The number of nitrogens with zero attached hydrogens (tertiary/aromatic N) is 2. The lowest BCUT2D eigenvalue weighted by atomic mass is 10.3. The molecule has 1 amide bonds. The van der Waals surface area contributed by atoms with Crippen molar-refractivity contribution in [1.29, 1.82) is 0 Å². The largest absolute Gasteiger partial charge is 0.435 e. The van der Waals surface area contributed by atoms with Gasteiger partial charge in [-0.2, -0.15) is 13.1 Å². The number of alkyl halides is 2. The van der Waals surface area contributed by atoms with Crippen molar-refractivity contribution in [3.05, 3.63) is 54.3 Å². The Morgan fingerprint density at radius 1 is 1.00 bits per heavy atom. The normalized spacial score (nSPS) is 15.9. The first kappa shape index (κ1) is 22.1. The Hall–Kier alpha value is -2.63. The third-order valence-corrected chi connectivity index (χ3v) is 6.43. The number of ether oxygens (including phenoxy) is 1. The van der Waals surface area contributed by atoms with E-state index in [1.807, 2.05) is 0 Å². The molecule has 0 radical (unpaired) electrons. The fourth-order valence-electron chi connectivity index (χ4n) is 3.01. The maximum Gasteiger partial charge on any atom is 0.387 e. The van der Waals surface area contributed by atoms with Gasteiger partial charge in [-0.3, -0.25) is 9.69 Å². The van der Waals surface area contributed by atoms with Crippen LogP contribution in [0.2, 0.25) is 0 Å². The fourth-order valence-corrected chi connectivity index (χ4v) is 4.43. The predicted octanol–water partition coefficient (Wildman–Crippen LogP) is 2.37. The van der Waals surface area contributed by atoms with Gasteiger partial charge < -0.3 is 10.1 Å². The molecule has 7 nitrogen and oxygen atoms in total. The molecule has 0 unspecified atom stereocenters. The summed E-state index contributed by atoms with van der Waals surface area (Å²) in [5, 5.41) is 2.65. The van der Waals surface area contributed by atoms with Crippen molar-refractivity contribution >= 4 is 21.6 Å². The van der Waals surface area contributed by atoms with E-state index in [4.69, 9.17) is 0 Å². The van der Waals surface area contributed by atoms with Gasteiger partial charge in [-0.25, -0.2) is 12.8 Å². The van der Waals surface area contributed by atoms with Gasteiger partial charge >= 0.3 is 6.61 Å². The summed E-state index contributed by atoms with van der Waals surface area (Å²) >= 11 is 0. The number of anilines is 1. The number of halogens is 3. The molecule has 1 N–H and O–H groups in total. The molecule has 2 aromatic carbocycles. The smallest absolute Gasteiger partial charge is 0.387 e. The minimum absolute atomic E-state index is 0.0125. The van der Waals surface area contributed by atoms with Crippen LogP contribution in [0, 0.1) is 5.82 Å². The topological polar surface area (TPSA) is 79.0 Å². The minimum Gasteiger partial charge on any atom is -0.435 e. The van der Waals surface area contributed by atoms with Crippen molar-refractivity contribution in [3.8, 4) is 5.75 Å². The van der Waals surface area contributed by atoms with E-state index >= 15 is 0 Å². The monoisotopic (exact) mass is 443 g/mol. The Morgan fingerprint density at radius 2 is 1.60 bits per heavy atom.